The lowest BCUT2D eigenvalue weighted by Gasteiger charge is -2.32. The summed E-state index contributed by atoms with van der Waals surface area (Å²) in [5.41, 5.74) is 1.96. The fourth-order valence-corrected chi connectivity index (χ4v) is 4.06. The van der Waals surface area contributed by atoms with Crippen LogP contribution in [0, 0.1) is 11.8 Å². The van der Waals surface area contributed by atoms with Crippen molar-refractivity contribution in [2.45, 2.75) is 58.3 Å². The molecular formula is C19H28BNO2. The molecule has 0 bridgehead atoms. The number of benzene rings is 1. The summed E-state index contributed by atoms with van der Waals surface area (Å²) in [6.45, 7) is 12.1. The quantitative estimate of drug-likeness (QED) is 0.801. The minimum atomic E-state index is -0.276. The van der Waals surface area contributed by atoms with E-state index in [0.29, 0.717) is 0 Å². The van der Waals surface area contributed by atoms with E-state index in [2.05, 4.69) is 56.9 Å². The maximum Gasteiger partial charge on any atom is 0.494 e. The van der Waals surface area contributed by atoms with Crippen molar-refractivity contribution in [3.8, 4) is 0 Å². The minimum Gasteiger partial charge on any atom is -0.399 e. The number of likely N-dealkylation sites (tertiary alicyclic amines) is 1. The van der Waals surface area contributed by atoms with Gasteiger partial charge in [0.15, 0.2) is 0 Å². The zero-order chi connectivity index (χ0) is 16.2. The average Bonchev–Trinajstić information content (AvgIpc) is 2.85. The summed E-state index contributed by atoms with van der Waals surface area (Å²) >= 11 is 0. The topological polar surface area (TPSA) is 21.7 Å². The van der Waals surface area contributed by atoms with Crippen LogP contribution in [-0.2, 0) is 15.9 Å². The lowest BCUT2D eigenvalue weighted by molar-refractivity contribution is 0.00578. The van der Waals surface area contributed by atoms with Gasteiger partial charge in [-0.05, 0) is 63.4 Å². The van der Waals surface area contributed by atoms with Crippen molar-refractivity contribution in [2.75, 3.05) is 13.1 Å². The van der Waals surface area contributed by atoms with E-state index in [1.807, 2.05) is 0 Å². The smallest absolute Gasteiger partial charge is 0.399 e. The van der Waals surface area contributed by atoms with Gasteiger partial charge in [-0.1, -0.05) is 24.3 Å². The maximum atomic E-state index is 6.18. The van der Waals surface area contributed by atoms with E-state index in [4.69, 9.17) is 9.31 Å². The highest BCUT2D eigenvalue weighted by molar-refractivity contribution is 6.62. The average molecular weight is 313 g/mol. The standard InChI is InChI=1S/C19H28BNO2/c1-18(2)19(3,4)23-20(22-18)17-7-5-6-14(10-17)11-21-12-15-8-9-16(15)13-21/h5-7,10,15-16H,8-9,11-13H2,1-4H3. The minimum absolute atomic E-state index is 0.255. The Balaban J connectivity index is 1.47. The van der Waals surface area contributed by atoms with E-state index >= 15 is 0 Å². The van der Waals surface area contributed by atoms with Crippen LogP contribution in [0.4, 0.5) is 0 Å². The second kappa shape index (κ2) is 5.33. The van der Waals surface area contributed by atoms with Crippen LogP contribution in [0.25, 0.3) is 0 Å². The highest BCUT2D eigenvalue weighted by Crippen LogP contribution is 2.41. The molecule has 1 aliphatic carbocycles. The first kappa shape index (κ1) is 15.7. The van der Waals surface area contributed by atoms with Crippen LogP contribution in [0.15, 0.2) is 24.3 Å². The molecule has 4 heteroatoms. The van der Waals surface area contributed by atoms with E-state index in [1.165, 1.54) is 31.5 Å². The van der Waals surface area contributed by atoms with Crippen molar-refractivity contribution < 1.29 is 9.31 Å². The van der Waals surface area contributed by atoms with Gasteiger partial charge in [-0.25, -0.2) is 0 Å². The molecule has 3 nitrogen and oxygen atoms in total. The van der Waals surface area contributed by atoms with Gasteiger partial charge in [0.05, 0.1) is 11.2 Å². The van der Waals surface area contributed by atoms with Crippen LogP contribution in [0.5, 0.6) is 0 Å². The molecule has 23 heavy (non-hydrogen) atoms. The van der Waals surface area contributed by atoms with E-state index < -0.39 is 0 Å². The monoisotopic (exact) mass is 313 g/mol. The maximum absolute atomic E-state index is 6.18. The van der Waals surface area contributed by atoms with Gasteiger partial charge in [0.1, 0.15) is 0 Å². The molecule has 2 unspecified atom stereocenters. The molecule has 0 amide bonds. The predicted octanol–water partition coefficient (Wildman–Crippen LogP) is 2.83. The number of hydrogen-bond donors (Lipinski definition) is 0. The zero-order valence-electron chi connectivity index (χ0n) is 14.8. The van der Waals surface area contributed by atoms with Gasteiger partial charge in [0.2, 0.25) is 0 Å². The zero-order valence-corrected chi connectivity index (χ0v) is 14.8. The van der Waals surface area contributed by atoms with Gasteiger partial charge in [-0.3, -0.25) is 4.90 Å². The third-order valence-electron chi connectivity index (χ3n) is 6.44. The van der Waals surface area contributed by atoms with Crippen LogP contribution in [0.1, 0.15) is 46.1 Å². The molecule has 0 aromatic heterocycles. The van der Waals surface area contributed by atoms with Crippen LogP contribution in [0.3, 0.4) is 0 Å². The molecule has 0 N–H and O–H groups in total. The van der Waals surface area contributed by atoms with Crippen molar-refractivity contribution in [3.63, 3.8) is 0 Å². The van der Waals surface area contributed by atoms with Crippen molar-refractivity contribution in [1.29, 1.82) is 0 Å². The predicted molar refractivity (Wildman–Crippen MR) is 93.6 cm³/mol. The number of hydrogen-bond acceptors (Lipinski definition) is 3. The molecule has 2 heterocycles. The summed E-state index contributed by atoms with van der Waals surface area (Å²) in [7, 11) is -0.255. The van der Waals surface area contributed by atoms with Gasteiger partial charge in [0.25, 0.3) is 0 Å². The molecule has 0 radical (unpaired) electrons. The van der Waals surface area contributed by atoms with E-state index in [1.54, 1.807) is 0 Å². The van der Waals surface area contributed by atoms with Crippen molar-refractivity contribution in [2.24, 2.45) is 11.8 Å². The summed E-state index contributed by atoms with van der Waals surface area (Å²) < 4.78 is 12.4. The Labute approximate surface area is 140 Å². The van der Waals surface area contributed by atoms with Crippen LogP contribution in [0.2, 0.25) is 0 Å². The Morgan fingerprint density at radius 2 is 1.65 bits per heavy atom. The Kier molecular flexibility index (Phi) is 3.64. The van der Waals surface area contributed by atoms with Gasteiger partial charge in [-0.2, -0.15) is 0 Å². The molecule has 124 valence electrons. The molecule has 1 aromatic rings. The van der Waals surface area contributed by atoms with Crippen molar-refractivity contribution >= 4 is 12.6 Å². The Hall–Kier alpha value is -0.835. The highest BCUT2D eigenvalue weighted by atomic mass is 16.7. The lowest BCUT2D eigenvalue weighted by Crippen LogP contribution is -2.41. The SMILES string of the molecule is CC1(C)OB(c2cccc(CN3CC4CCC4C3)c2)OC1(C)C. The number of fused-ring (bicyclic) bond motifs is 1. The number of nitrogens with zero attached hydrogens (tertiary/aromatic N) is 1. The van der Waals surface area contributed by atoms with Crippen molar-refractivity contribution in [3.05, 3.63) is 29.8 Å². The summed E-state index contributed by atoms with van der Waals surface area (Å²) in [6.07, 6.45) is 2.88. The van der Waals surface area contributed by atoms with Gasteiger partial charge in [-0.15, -0.1) is 0 Å². The first-order chi connectivity index (χ1) is 10.8. The molecule has 1 saturated carbocycles. The molecule has 1 aromatic carbocycles. The second-order valence-corrected chi connectivity index (χ2v) is 8.62. The van der Waals surface area contributed by atoms with Crippen LogP contribution in [-0.4, -0.2) is 36.3 Å². The molecule has 3 aliphatic rings. The first-order valence-corrected chi connectivity index (χ1v) is 9.01. The normalized spacial score (nSPS) is 31.9. The van der Waals surface area contributed by atoms with E-state index in [9.17, 15) is 0 Å². The summed E-state index contributed by atoms with van der Waals surface area (Å²) in [4.78, 5) is 2.62. The summed E-state index contributed by atoms with van der Waals surface area (Å²) in [5, 5.41) is 0. The molecule has 2 aliphatic heterocycles. The summed E-state index contributed by atoms with van der Waals surface area (Å²) in [5.74, 6) is 1.95. The molecule has 3 fully saturated rings. The van der Waals surface area contributed by atoms with Gasteiger partial charge in [0, 0.05) is 19.6 Å². The third kappa shape index (κ3) is 2.75. The lowest BCUT2D eigenvalue weighted by atomic mass is 9.77. The molecular weight excluding hydrogens is 285 g/mol. The molecule has 2 saturated heterocycles. The Morgan fingerprint density at radius 1 is 1.04 bits per heavy atom. The van der Waals surface area contributed by atoms with Crippen molar-refractivity contribution in [1.82, 2.24) is 4.90 Å². The van der Waals surface area contributed by atoms with Crippen LogP contribution < -0.4 is 5.46 Å². The fourth-order valence-electron chi connectivity index (χ4n) is 4.06. The Morgan fingerprint density at radius 3 is 2.22 bits per heavy atom. The second-order valence-electron chi connectivity index (χ2n) is 8.62. The first-order valence-electron chi connectivity index (χ1n) is 9.01. The van der Waals surface area contributed by atoms with E-state index in [-0.39, 0.29) is 18.3 Å². The Bertz CT molecular complexity index is 573. The number of rotatable bonds is 3. The fraction of sp³-hybridized carbons (Fsp3) is 0.684. The molecule has 2 atom stereocenters. The van der Waals surface area contributed by atoms with Gasteiger partial charge >= 0.3 is 7.12 Å². The third-order valence-corrected chi connectivity index (χ3v) is 6.44. The highest BCUT2D eigenvalue weighted by Gasteiger charge is 2.51. The van der Waals surface area contributed by atoms with Gasteiger partial charge < -0.3 is 9.31 Å². The molecule has 4 rings (SSSR count). The summed E-state index contributed by atoms with van der Waals surface area (Å²) in [6, 6.07) is 8.76. The molecule has 0 spiro atoms. The van der Waals surface area contributed by atoms with Crippen LogP contribution >= 0.6 is 0 Å². The largest absolute Gasteiger partial charge is 0.494 e. The van der Waals surface area contributed by atoms with E-state index in [0.717, 1.165) is 23.8 Å².